The Balaban J connectivity index is 1.59. The number of likely N-dealkylation sites (tertiary alicyclic amines) is 1. The van der Waals surface area contributed by atoms with Gasteiger partial charge in [0.25, 0.3) is 5.91 Å². The molecule has 1 aromatic heterocycles. The lowest BCUT2D eigenvalue weighted by Gasteiger charge is -2.33. The SMILES string of the molecule is Cc1cc(C(=O)NC2CCCN(Cc3ccccc3F)C2)nn1C. The van der Waals surface area contributed by atoms with E-state index in [9.17, 15) is 9.18 Å². The van der Waals surface area contributed by atoms with Crippen LogP contribution in [0.1, 0.15) is 34.6 Å². The van der Waals surface area contributed by atoms with Gasteiger partial charge >= 0.3 is 0 Å². The minimum atomic E-state index is -0.174. The molecule has 3 rings (SSSR count). The van der Waals surface area contributed by atoms with Crippen molar-refractivity contribution in [3.8, 4) is 0 Å². The van der Waals surface area contributed by atoms with Gasteiger partial charge in [0.05, 0.1) is 0 Å². The van der Waals surface area contributed by atoms with E-state index in [0.29, 0.717) is 17.8 Å². The van der Waals surface area contributed by atoms with Gasteiger partial charge in [-0.1, -0.05) is 18.2 Å². The van der Waals surface area contributed by atoms with Crippen molar-refractivity contribution in [2.75, 3.05) is 13.1 Å². The summed E-state index contributed by atoms with van der Waals surface area (Å²) in [5.74, 6) is -0.316. The van der Waals surface area contributed by atoms with E-state index < -0.39 is 0 Å². The number of hydrogen-bond acceptors (Lipinski definition) is 3. The highest BCUT2D eigenvalue weighted by atomic mass is 19.1. The number of aromatic nitrogens is 2. The van der Waals surface area contributed by atoms with Crippen molar-refractivity contribution in [3.05, 3.63) is 53.1 Å². The van der Waals surface area contributed by atoms with Crippen molar-refractivity contribution in [1.29, 1.82) is 0 Å². The highest BCUT2D eigenvalue weighted by Crippen LogP contribution is 2.16. The van der Waals surface area contributed by atoms with Gasteiger partial charge in [-0.05, 0) is 38.4 Å². The molecule has 5 nitrogen and oxygen atoms in total. The third kappa shape index (κ3) is 3.82. The van der Waals surface area contributed by atoms with Gasteiger partial charge in [-0.15, -0.1) is 0 Å². The minimum Gasteiger partial charge on any atom is -0.347 e. The second kappa shape index (κ2) is 7.13. The first-order chi connectivity index (χ1) is 11.5. The Hall–Kier alpha value is -2.21. The summed E-state index contributed by atoms with van der Waals surface area (Å²) in [6.07, 6.45) is 1.92. The average molecular weight is 330 g/mol. The number of rotatable bonds is 4. The second-order valence-electron chi connectivity index (χ2n) is 6.43. The number of nitrogens with one attached hydrogen (secondary N) is 1. The van der Waals surface area contributed by atoms with Crippen LogP contribution in [0, 0.1) is 12.7 Å². The number of halogens is 1. The van der Waals surface area contributed by atoms with E-state index in [0.717, 1.165) is 31.6 Å². The van der Waals surface area contributed by atoms with Gasteiger partial charge in [0, 0.05) is 37.4 Å². The first-order valence-corrected chi connectivity index (χ1v) is 8.30. The third-order valence-corrected chi connectivity index (χ3v) is 4.54. The van der Waals surface area contributed by atoms with Gasteiger partial charge in [0.1, 0.15) is 11.5 Å². The zero-order chi connectivity index (χ0) is 17.1. The quantitative estimate of drug-likeness (QED) is 0.935. The second-order valence-corrected chi connectivity index (χ2v) is 6.43. The molecule has 0 saturated carbocycles. The molecule has 0 radical (unpaired) electrons. The lowest BCUT2D eigenvalue weighted by molar-refractivity contribution is 0.0894. The fourth-order valence-electron chi connectivity index (χ4n) is 3.12. The molecule has 128 valence electrons. The summed E-state index contributed by atoms with van der Waals surface area (Å²) in [7, 11) is 1.82. The van der Waals surface area contributed by atoms with E-state index in [1.54, 1.807) is 16.8 Å². The molecule has 0 spiro atoms. The summed E-state index contributed by atoms with van der Waals surface area (Å²) in [6.45, 7) is 4.14. The van der Waals surface area contributed by atoms with Crippen LogP contribution in [0.3, 0.4) is 0 Å². The molecule has 2 heterocycles. The molecule has 0 bridgehead atoms. The molecular formula is C18H23FN4O. The lowest BCUT2D eigenvalue weighted by atomic mass is 10.0. The van der Waals surface area contributed by atoms with E-state index in [-0.39, 0.29) is 17.8 Å². The van der Waals surface area contributed by atoms with Crippen LogP contribution in [0.5, 0.6) is 0 Å². The fraction of sp³-hybridized carbons (Fsp3) is 0.444. The molecule has 6 heteroatoms. The van der Waals surface area contributed by atoms with Gasteiger partial charge < -0.3 is 5.32 Å². The zero-order valence-electron chi connectivity index (χ0n) is 14.1. The number of carbonyl (C=O) groups is 1. The fourth-order valence-corrected chi connectivity index (χ4v) is 3.12. The Labute approximate surface area is 141 Å². The van der Waals surface area contributed by atoms with Gasteiger partial charge in [0.15, 0.2) is 0 Å². The first-order valence-electron chi connectivity index (χ1n) is 8.30. The van der Waals surface area contributed by atoms with Crippen molar-refractivity contribution >= 4 is 5.91 Å². The highest BCUT2D eigenvalue weighted by molar-refractivity contribution is 5.92. The Morgan fingerprint density at radius 1 is 1.42 bits per heavy atom. The summed E-state index contributed by atoms with van der Waals surface area (Å²) >= 11 is 0. The maximum absolute atomic E-state index is 13.8. The van der Waals surface area contributed by atoms with Crippen molar-refractivity contribution < 1.29 is 9.18 Å². The van der Waals surface area contributed by atoms with Crippen LogP contribution in [-0.4, -0.2) is 39.7 Å². The molecule has 1 aromatic carbocycles. The predicted molar refractivity (Wildman–Crippen MR) is 90.1 cm³/mol. The average Bonchev–Trinajstić information content (AvgIpc) is 2.90. The van der Waals surface area contributed by atoms with E-state index >= 15 is 0 Å². The number of carbonyl (C=O) groups excluding carboxylic acids is 1. The van der Waals surface area contributed by atoms with Gasteiger partial charge in [-0.3, -0.25) is 14.4 Å². The first kappa shape index (κ1) is 16.6. The van der Waals surface area contributed by atoms with E-state index in [2.05, 4.69) is 15.3 Å². The van der Waals surface area contributed by atoms with Crippen molar-refractivity contribution in [2.24, 2.45) is 7.05 Å². The summed E-state index contributed by atoms with van der Waals surface area (Å²) in [5, 5.41) is 7.27. The third-order valence-electron chi connectivity index (χ3n) is 4.54. The smallest absolute Gasteiger partial charge is 0.272 e. The Kier molecular flexibility index (Phi) is 4.94. The van der Waals surface area contributed by atoms with Crippen LogP contribution in [0.4, 0.5) is 4.39 Å². The molecule has 1 saturated heterocycles. The Bertz CT molecular complexity index is 708. The standard InChI is InChI=1S/C18H23FN4O/c1-13-10-17(21-22(13)2)18(24)20-15-7-5-9-23(12-15)11-14-6-3-4-8-16(14)19/h3-4,6,8,10,15H,5,7,9,11-12H2,1-2H3,(H,20,24). The summed E-state index contributed by atoms with van der Waals surface area (Å²) in [5.41, 5.74) is 2.09. The molecule has 1 amide bonds. The molecular weight excluding hydrogens is 307 g/mol. The Morgan fingerprint density at radius 2 is 2.21 bits per heavy atom. The minimum absolute atomic E-state index is 0.0698. The molecule has 2 aromatic rings. The Morgan fingerprint density at radius 3 is 2.92 bits per heavy atom. The highest BCUT2D eigenvalue weighted by Gasteiger charge is 2.23. The normalized spacial score (nSPS) is 18.5. The maximum Gasteiger partial charge on any atom is 0.272 e. The summed E-state index contributed by atoms with van der Waals surface area (Å²) < 4.78 is 15.5. The largest absolute Gasteiger partial charge is 0.347 e. The number of benzene rings is 1. The van der Waals surface area contributed by atoms with Crippen LogP contribution in [-0.2, 0) is 13.6 Å². The van der Waals surface area contributed by atoms with Gasteiger partial charge in [-0.2, -0.15) is 5.10 Å². The van der Waals surface area contributed by atoms with Crippen LogP contribution < -0.4 is 5.32 Å². The van der Waals surface area contributed by atoms with Crippen LogP contribution in [0.15, 0.2) is 30.3 Å². The number of nitrogens with zero attached hydrogens (tertiary/aromatic N) is 3. The number of aryl methyl sites for hydroxylation is 2. The molecule has 1 fully saturated rings. The van der Waals surface area contributed by atoms with E-state index in [1.807, 2.05) is 26.1 Å². The topological polar surface area (TPSA) is 50.2 Å². The van der Waals surface area contributed by atoms with Gasteiger partial charge in [-0.25, -0.2) is 4.39 Å². The molecule has 1 aliphatic rings. The lowest BCUT2D eigenvalue weighted by Crippen LogP contribution is -2.47. The molecule has 1 N–H and O–H groups in total. The van der Waals surface area contributed by atoms with Crippen molar-refractivity contribution in [3.63, 3.8) is 0 Å². The molecule has 1 unspecified atom stereocenters. The van der Waals surface area contributed by atoms with E-state index in [1.165, 1.54) is 6.07 Å². The zero-order valence-corrected chi connectivity index (χ0v) is 14.1. The molecule has 1 aliphatic heterocycles. The maximum atomic E-state index is 13.8. The van der Waals surface area contributed by atoms with Crippen LogP contribution >= 0.6 is 0 Å². The summed E-state index contributed by atoms with van der Waals surface area (Å²) in [4.78, 5) is 14.5. The van der Waals surface area contributed by atoms with Crippen molar-refractivity contribution in [1.82, 2.24) is 20.0 Å². The van der Waals surface area contributed by atoms with Gasteiger partial charge in [0.2, 0.25) is 0 Å². The molecule has 1 atom stereocenters. The monoisotopic (exact) mass is 330 g/mol. The molecule has 0 aliphatic carbocycles. The molecule has 24 heavy (non-hydrogen) atoms. The van der Waals surface area contributed by atoms with Crippen LogP contribution in [0.2, 0.25) is 0 Å². The summed E-state index contributed by atoms with van der Waals surface area (Å²) in [6, 6.07) is 8.71. The number of piperidine rings is 1. The predicted octanol–water partition coefficient (Wildman–Crippen LogP) is 2.26. The van der Waals surface area contributed by atoms with E-state index in [4.69, 9.17) is 0 Å². The number of hydrogen-bond donors (Lipinski definition) is 1. The van der Waals surface area contributed by atoms with Crippen molar-refractivity contribution in [2.45, 2.75) is 32.4 Å². The van der Waals surface area contributed by atoms with Crippen LogP contribution in [0.25, 0.3) is 0 Å². The number of amides is 1.